The molecule has 0 unspecified atom stereocenters. The molecule has 0 spiro atoms. The van der Waals surface area contributed by atoms with Gasteiger partial charge in [-0.3, -0.25) is 19.1 Å². The summed E-state index contributed by atoms with van der Waals surface area (Å²) in [5.41, 5.74) is 7.96. The molecule has 4 rings (SSSR count). The second-order valence-electron chi connectivity index (χ2n) is 7.53. The summed E-state index contributed by atoms with van der Waals surface area (Å²) in [4.78, 5) is 39.4. The Morgan fingerprint density at radius 1 is 0.969 bits per heavy atom. The van der Waals surface area contributed by atoms with Gasteiger partial charge in [-0.2, -0.15) is 15.0 Å². The van der Waals surface area contributed by atoms with E-state index in [0.717, 1.165) is 12.8 Å². The van der Waals surface area contributed by atoms with Crippen LogP contribution in [0, 0.1) is 0 Å². The molecule has 168 valence electrons. The van der Waals surface area contributed by atoms with E-state index >= 15 is 0 Å². The summed E-state index contributed by atoms with van der Waals surface area (Å²) in [7, 11) is 1.53. The lowest BCUT2D eigenvalue weighted by Crippen LogP contribution is -2.30. The first kappa shape index (κ1) is 21.5. The summed E-state index contributed by atoms with van der Waals surface area (Å²) in [5, 5.41) is 0. The molecule has 3 heterocycles. The van der Waals surface area contributed by atoms with Gasteiger partial charge in [0.05, 0.1) is 24.8 Å². The van der Waals surface area contributed by atoms with Gasteiger partial charge in [-0.25, -0.2) is 0 Å². The molecule has 10 heteroatoms. The minimum atomic E-state index is -0.245. The second-order valence-corrected chi connectivity index (χ2v) is 7.53. The third kappa shape index (κ3) is 3.95. The third-order valence-electron chi connectivity index (χ3n) is 5.37. The normalized spacial score (nSPS) is 13.1. The summed E-state index contributed by atoms with van der Waals surface area (Å²) in [6, 6.07) is 7.46. The maximum Gasteiger partial charge on any atom is 0.320 e. The number of carbonyl (C=O) groups is 2. The van der Waals surface area contributed by atoms with Crippen molar-refractivity contribution in [3.05, 3.63) is 35.4 Å². The van der Waals surface area contributed by atoms with Crippen LogP contribution in [-0.4, -0.2) is 56.5 Å². The van der Waals surface area contributed by atoms with Crippen LogP contribution in [-0.2, 0) is 6.54 Å². The number of amides is 2. The molecule has 0 radical (unpaired) electrons. The van der Waals surface area contributed by atoms with Crippen LogP contribution in [0.4, 0.5) is 5.82 Å². The number of nitrogen functional groups attached to an aromatic ring is 1. The number of hydrogen-bond acceptors (Lipinski definition) is 8. The van der Waals surface area contributed by atoms with E-state index in [-0.39, 0.29) is 23.6 Å². The van der Waals surface area contributed by atoms with Crippen LogP contribution in [0.15, 0.2) is 24.3 Å². The predicted octanol–water partition coefficient (Wildman–Crippen LogP) is 2.67. The number of hydrogen-bond donors (Lipinski definition) is 1. The number of rotatable bonds is 10. The highest BCUT2D eigenvalue weighted by Gasteiger charge is 2.34. The Balaban J connectivity index is 1.45. The van der Waals surface area contributed by atoms with Crippen LogP contribution in [0.1, 0.15) is 53.3 Å². The fourth-order valence-electron chi connectivity index (χ4n) is 3.69. The van der Waals surface area contributed by atoms with Crippen molar-refractivity contribution in [3.63, 3.8) is 0 Å². The number of fused-ring (bicyclic) bond motifs is 2. The molecule has 2 N–H and O–H groups in total. The lowest BCUT2D eigenvalue weighted by Gasteiger charge is -2.14. The Bertz CT molecular complexity index is 1120. The zero-order valence-corrected chi connectivity index (χ0v) is 18.2. The number of imide groups is 1. The van der Waals surface area contributed by atoms with E-state index in [9.17, 15) is 9.59 Å². The molecule has 1 aliphatic heterocycles. The molecule has 0 atom stereocenters. The van der Waals surface area contributed by atoms with Crippen LogP contribution in [0.25, 0.3) is 11.2 Å². The van der Waals surface area contributed by atoms with Gasteiger partial charge in [0.2, 0.25) is 0 Å². The molecule has 2 amide bonds. The Kier molecular flexibility index (Phi) is 6.20. The highest BCUT2D eigenvalue weighted by atomic mass is 16.5. The van der Waals surface area contributed by atoms with E-state index in [2.05, 4.69) is 21.9 Å². The SMILES string of the molecule is CCCCOc1nc(N)c2nc(OC)n(CCCCN3C(=O)c4ccccc4C3=O)c2n1. The first-order valence-corrected chi connectivity index (χ1v) is 10.7. The van der Waals surface area contributed by atoms with Crippen molar-refractivity contribution < 1.29 is 19.1 Å². The molecule has 10 nitrogen and oxygen atoms in total. The summed E-state index contributed by atoms with van der Waals surface area (Å²) < 4.78 is 12.8. The largest absolute Gasteiger partial charge is 0.468 e. The van der Waals surface area contributed by atoms with Crippen molar-refractivity contribution in [2.75, 3.05) is 26.0 Å². The number of anilines is 1. The van der Waals surface area contributed by atoms with Gasteiger partial charge in [0.25, 0.3) is 17.8 Å². The molecule has 1 aromatic carbocycles. The Morgan fingerprint density at radius 3 is 2.31 bits per heavy atom. The van der Waals surface area contributed by atoms with E-state index in [1.165, 1.54) is 12.0 Å². The lowest BCUT2D eigenvalue weighted by atomic mass is 10.1. The van der Waals surface area contributed by atoms with Crippen molar-refractivity contribution in [3.8, 4) is 12.0 Å². The number of benzene rings is 1. The molecule has 3 aromatic rings. The van der Waals surface area contributed by atoms with Gasteiger partial charge >= 0.3 is 6.01 Å². The Hall–Kier alpha value is -3.69. The van der Waals surface area contributed by atoms with Crippen molar-refractivity contribution in [2.45, 2.75) is 39.2 Å². The number of nitrogens with two attached hydrogens (primary N) is 1. The third-order valence-corrected chi connectivity index (χ3v) is 5.37. The zero-order valence-electron chi connectivity index (χ0n) is 18.2. The minimum absolute atomic E-state index is 0.207. The Labute approximate surface area is 185 Å². The van der Waals surface area contributed by atoms with E-state index in [4.69, 9.17) is 15.2 Å². The fraction of sp³-hybridized carbons (Fsp3) is 0.409. The van der Waals surface area contributed by atoms with Gasteiger partial charge in [-0.05, 0) is 31.4 Å². The predicted molar refractivity (Wildman–Crippen MR) is 118 cm³/mol. The zero-order chi connectivity index (χ0) is 22.7. The number of aryl methyl sites for hydroxylation is 1. The highest BCUT2D eigenvalue weighted by Crippen LogP contribution is 2.26. The van der Waals surface area contributed by atoms with Crippen LogP contribution in [0.2, 0.25) is 0 Å². The smallest absolute Gasteiger partial charge is 0.320 e. The van der Waals surface area contributed by atoms with E-state index < -0.39 is 0 Å². The van der Waals surface area contributed by atoms with Crippen LogP contribution >= 0.6 is 0 Å². The van der Waals surface area contributed by atoms with Crippen LogP contribution < -0.4 is 15.2 Å². The van der Waals surface area contributed by atoms with Gasteiger partial charge in [0, 0.05) is 13.1 Å². The number of methoxy groups -OCH3 is 1. The molecular formula is C22H26N6O4. The quantitative estimate of drug-likeness (QED) is 0.378. The lowest BCUT2D eigenvalue weighted by molar-refractivity contribution is 0.0651. The minimum Gasteiger partial charge on any atom is -0.468 e. The number of aromatic nitrogens is 4. The monoisotopic (exact) mass is 438 g/mol. The highest BCUT2D eigenvalue weighted by molar-refractivity contribution is 6.21. The topological polar surface area (TPSA) is 125 Å². The standard InChI is InChI=1S/C22H26N6O4/c1-3-4-13-32-21-25-17(23)16-18(26-21)27(22(24-16)31-2)11-7-8-12-28-19(29)14-9-5-6-10-15(14)20(28)30/h5-6,9-10H,3-4,7-8,11-13H2,1-2H3,(H2,23,25,26). The van der Waals surface area contributed by atoms with E-state index in [1.807, 2.05) is 4.57 Å². The van der Waals surface area contributed by atoms with Crippen molar-refractivity contribution in [1.82, 2.24) is 24.4 Å². The number of imidazole rings is 1. The summed E-state index contributed by atoms with van der Waals surface area (Å²) in [5.74, 6) is -0.263. The van der Waals surface area contributed by atoms with Crippen LogP contribution in [0.3, 0.4) is 0 Å². The average molecular weight is 438 g/mol. The van der Waals surface area contributed by atoms with Crippen molar-refractivity contribution >= 4 is 28.8 Å². The molecule has 32 heavy (non-hydrogen) atoms. The molecule has 0 bridgehead atoms. The van der Waals surface area contributed by atoms with Gasteiger partial charge in [0.1, 0.15) is 0 Å². The number of nitrogens with zero attached hydrogens (tertiary/aromatic N) is 5. The summed E-state index contributed by atoms with van der Waals surface area (Å²) in [6.07, 6.45) is 3.18. The van der Waals surface area contributed by atoms with Crippen molar-refractivity contribution in [2.24, 2.45) is 0 Å². The number of unbranched alkanes of at least 4 members (excludes halogenated alkanes) is 2. The number of carbonyl (C=O) groups excluding carboxylic acids is 2. The second kappa shape index (κ2) is 9.21. The molecule has 0 aliphatic carbocycles. The van der Waals surface area contributed by atoms with E-state index in [0.29, 0.717) is 60.8 Å². The Morgan fingerprint density at radius 2 is 1.66 bits per heavy atom. The van der Waals surface area contributed by atoms with Gasteiger partial charge in [-0.1, -0.05) is 25.5 Å². The molecule has 0 fully saturated rings. The number of ether oxygens (including phenoxy) is 2. The molecule has 0 saturated heterocycles. The molecule has 0 saturated carbocycles. The van der Waals surface area contributed by atoms with Gasteiger partial charge in [0.15, 0.2) is 17.0 Å². The van der Waals surface area contributed by atoms with Gasteiger partial charge in [-0.15, -0.1) is 0 Å². The molecule has 2 aromatic heterocycles. The average Bonchev–Trinajstić information content (AvgIpc) is 3.27. The molecular weight excluding hydrogens is 412 g/mol. The maximum atomic E-state index is 12.5. The first-order chi connectivity index (χ1) is 15.5. The van der Waals surface area contributed by atoms with E-state index in [1.54, 1.807) is 24.3 Å². The summed E-state index contributed by atoms with van der Waals surface area (Å²) in [6.45, 7) is 3.44. The molecule has 1 aliphatic rings. The maximum absolute atomic E-state index is 12.5. The summed E-state index contributed by atoms with van der Waals surface area (Å²) >= 11 is 0. The van der Waals surface area contributed by atoms with Crippen LogP contribution in [0.5, 0.6) is 12.0 Å². The first-order valence-electron chi connectivity index (χ1n) is 10.7. The fourth-order valence-corrected chi connectivity index (χ4v) is 3.69. The van der Waals surface area contributed by atoms with Crippen molar-refractivity contribution in [1.29, 1.82) is 0 Å². The van der Waals surface area contributed by atoms with Gasteiger partial charge < -0.3 is 15.2 Å².